The number of ether oxygens (including phenoxy) is 1. The molecule has 0 spiro atoms. The molecular weight excluding hydrogens is 549 g/mol. The molecule has 3 aromatic rings. The molecule has 0 bridgehead atoms. The summed E-state index contributed by atoms with van der Waals surface area (Å²) in [5.41, 5.74) is 10.3. The van der Waals surface area contributed by atoms with Crippen molar-refractivity contribution in [3.8, 4) is 16.9 Å². The number of benzene rings is 3. The highest BCUT2D eigenvalue weighted by molar-refractivity contribution is 7.89. The zero-order chi connectivity index (χ0) is 26.3. The highest BCUT2D eigenvalue weighted by atomic mass is 35.5. The van der Waals surface area contributed by atoms with Crippen LogP contribution >= 0.6 is 24.8 Å². The number of hydrogen-bond acceptors (Lipinski definition) is 7. The predicted octanol–water partition coefficient (Wildman–Crippen LogP) is 4.12. The number of anilines is 1. The van der Waals surface area contributed by atoms with Crippen LogP contribution in [-0.4, -0.2) is 44.9 Å². The predicted molar refractivity (Wildman–Crippen MR) is 157 cm³/mol. The summed E-state index contributed by atoms with van der Waals surface area (Å²) in [7, 11) is -3.69. The number of nitrogens with two attached hydrogens (primary N) is 1. The molecule has 38 heavy (non-hydrogen) atoms. The van der Waals surface area contributed by atoms with Crippen molar-refractivity contribution in [1.29, 1.82) is 0 Å². The SMILES string of the molecule is CC(C)Oc1cc(-c2ccc(CCNC[C@@H](O)c3cccc(N)c3)cc2)ccc1C(=O)NS(C)(=O)=O.Cl.Cl. The number of hydrogen-bond donors (Lipinski definition) is 4. The average Bonchev–Trinajstić information content (AvgIpc) is 2.80. The van der Waals surface area contributed by atoms with Gasteiger partial charge in [-0.25, -0.2) is 13.1 Å². The summed E-state index contributed by atoms with van der Waals surface area (Å²) in [5.74, 6) is -0.418. The van der Waals surface area contributed by atoms with Crippen molar-refractivity contribution in [3.63, 3.8) is 0 Å². The van der Waals surface area contributed by atoms with Crippen LogP contribution < -0.4 is 20.5 Å². The molecule has 1 atom stereocenters. The smallest absolute Gasteiger partial charge is 0.268 e. The van der Waals surface area contributed by atoms with Gasteiger partial charge in [-0.1, -0.05) is 42.5 Å². The topological polar surface area (TPSA) is 131 Å². The Bertz CT molecular complexity index is 1300. The molecule has 0 fully saturated rings. The number of nitrogens with one attached hydrogen (secondary N) is 2. The van der Waals surface area contributed by atoms with E-state index >= 15 is 0 Å². The van der Waals surface area contributed by atoms with Gasteiger partial charge in [0.1, 0.15) is 5.75 Å². The summed E-state index contributed by atoms with van der Waals surface area (Å²) >= 11 is 0. The summed E-state index contributed by atoms with van der Waals surface area (Å²) in [6.45, 7) is 4.80. The summed E-state index contributed by atoms with van der Waals surface area (Å²) in [6, 6.07) is 20.3. The maximum absolute atomic E-state index is 12.4. The van der Waals surface area contributed by atoms with E-state index in [1.807, 2.05) is 55.0 Å². The molecule has 3 rings (SSSR count). The van der Waals surface area contributed by atoms with Crippen LogP contribution in [0.15, 0.2) is 66.7 Å². The van der Waals surface area contributed by atoms with Gasteiger partial charge >= 0.3 is 0 Å². The van der Waals surface area contributed by atoms with Crippen LogP contribution in [0.3, 0.4) is 0 Å². The summed E-state index contributed by atoms with van der Waals surface area (Å²) in [4.78, 5) is 12.4. The Kier molecular flexibility index (Phi) is 13.1. The van der Waals surface area contributed by atoms with Crippen LogP contribution in [0.2, 0.25) is 0 Å². The van der Waals surface area contributed by atoms with Crippen molar-refractivity contribution < 1.29 is 23.1 Å². The molecule has 5 N–H and O–H groups in total. The van der Waals surface area contributed by atoms with Crippen LogP contribution in [0, 0.1) is 0 Å². The van der Waals surface area contributed by atoms with Crippen molar-refractivity contribution in [2.75, 3.05) is 25.1 Å². The largest absolute Gasteiger partial charge is 0.490 e. The van der Waals surface area contributed by atoms with Gasteiger partial charge in [-0.15, -0.1) is 24.8 Å². The fourth-order valence-corrected chi connectivity index (χ4v) is 4.13. The molecule has 3 aromatic carbocycles. The van der Waals surface area contributed by atoms with E-state index in [0.717, 1.165) is 34.9 Å². The van der Waals surface area contributed by atoms with Crippen molar-refractivity contribution in [2.24, 2.45) is 0 Å². The first-order chi connectivity index (χ1) is 17.0. The monoisotopic (exact) mass is 583 g/mol. The quantitative estimate of drug-likeness (QED) is 0.197. The molecule has 0 saturated carbocycles. The number of amides is 1. The highest BCUT2D eigenvalue weighted by Gasteiger charge is 2.18. The molecule has 0 aliphatic carbocycles. The zero-order valence-corrected chi connectivity index (χ0v) is 24.0. The second kappa shape index (κ2) is 14.9. The van der Waals surface area contributed by atoms with Gasteiger partial charge in [0.05, 0.1) is 24.0 Å². The van der Waals surface area contributed by atoms with E-state index < -0.39 is 22.0 Å². The van der Waals surface area contributed by atoms with E-state index in [0.29, 0.717) is 24.5 Å². The van der Waals surface area contributed by atoms with Gasteiger partial charge in [0.15, 0.2) is 0 Å². The molecule has 11 heteroatoms. The Morgan fingerprint density at radius 2 is 1.66 bits per heavy atom. The Morgan fingerprint density at radius 3 is 2.26 bits per heavy atom. The van der Waals surface area contributed by atoms with Crippen LogP contribution in [0.1, 0.15) is 41.4 Å². The van der Waals surface area contributed by atoms with E-state index in [1.165, 1.54) is 0 Å². The number of aliphatic hydroxyl groups is 1. The lowest BCUT2D eigenvalue weighted by Gasteiger charge is -2.16. The van der Waals surface area contributed by atoms with Crippen molar-refractivity contribution in [3.05, 3.63) is 83.4 Å². The molecule has 0 aliphatic rings. The van der Waals surface area contributed by atoms with Crippen LogP contribution in [-0.2, 0) is 16.4 Å². The zero-order valence-electron chi connectivity index (χ0n) is 21.5. The number of carbonyl (C=O) groups excluding carboxylic acids is 1. The molecule has 8 nitrogen and oxygen atoms in total. The molecule has 0 unspecified atom stereocenters. The van der Waals surface area contributed by atoms with Crippen LogP contribution in [0.4, 0.5) is 5.69 Å². The molecule has 0 aromatic heterocycles. The van der Waals surface area contributed by atoms with Gasteiger partial charge in [0, 0.05) is 12.2 Å². The van der Waals surface area contributed by atoms with Gasteiger partial charge in [-0.2, -0.15) is 0 Å². The van der Waals surface area contributed by atoms with Gasteiger partial charge < -0.3 is 20.9 Å². The maximum Gasteiger partial charge on any atom is 0.268 e. The van der Waals surface area contributed by atoms with Gasteiger partial charge in [0.2, 0.25) is 10.0 Å². The van der Waals surface area contributed by atoms with Crippen molar-refractivity contribution in [1.82, 2.24) is 10.0 Å². The van der Waals surface area contributed by atoms with E-state index in [2.05, 4.69) is 5.32 Å². The summed E-state index contributed by atoms with van der Waals surface area (Å²) in [5, 5.41) is 13.6. The molecule has 208 valence electrons. The first-order valence-corrected chi connectivity index (χ1v) is 13.6. The number of aliphatic hydroxyl groups excluding tert-OH is 1. The minimum Gasteiger partial charge on any atom is -0.490 e. The Labute approximate surface area is 236 Å². The third-order valence-electron chi connectivity index (χ3n) is 5.38. The second-order valence-corrected chi connectivity index (χ2v) is 10.7. The van der Waals surface area contributed by atoms with Crippen LogP contribution in [0.5, 0.6) is 5.75 Å². The summed E-state index contributed by atoms with van der Waals surface area (Å²) in [6.07, 6.45) is 0.898. The lowest BCUT2D eigenvalue weighted by Crippen LogP contribution is -2.30. The fraction of sp³-hybridized carbons (Fsp3) is 0.296. The fourth-order valence-electron chi connectivity index (χ4n) is 3.68. The minimum absolute atomic E-state index is 0. The number of nitrogen functional groups attached to an aromatic ring is 1. The van der Waals surface area contributed by atoms with Crippen molar-refractivity contribution >= 4 is 46.4 Å². The van der Waals surface area contributed by atoms with E-state index in [4.69, 9.17) is 10.5 Å². The first kappa shape index (κ1) is 33.2. The maximum atomic E-state index is 12.4. The lowest BCUT2D eigenvalue weighted by molar-refractivity contribution is 0.0976. The Hall–Kier alpha value is -2.82. The highest BCUT2D eigenvalue weighted by Crippen LogP contribution is 2.29. The van der Waals surface area contributed by atoms with Crippen molar-refractivity contribution in [2.45, 2.75) is 32.5 Å². The molecule has 0 aliphatic heterocycles. The number of halogens is 2. The second-order valence-electron chi connectivity index (χ2n) is 8.92. The van der Waals surface area contributed by atoms with E-state index in [1.54, 1.807) is 30.3 Å². The molecule has 0 radical (unpaired) electrons. The van der Waals surface area contributed by atoms with E-state index in [9.17, 15) is 18.3 Å². The molecule has 0 heterocycles. The normalized spacial score (nSPS) is 11.7. The van der Waals surface area contributed by atoms with Gasteiger partial charge in [0.25, 0.3) is 5.91 Å². The van der Waals surface area contributed by atoms with E-state index in [-0.39, 0.29) is 36.5 Å². The number of carbonyl (C=O) groups is 1. The third kappa shape index (κ3) is 10.2. The minimum atomic E-state index is -3.69. The lowest BCUT2D eigenvalue weighted by atomic mass is 10.0. The number of rotatable bonds is 11. The Balaban J connectivity index is 0.00000361. The average molecular weight is 585 g/mol. The van der Waals surface area contributed by atoms with Crippen LogP contribution in [0.25, 0.3) is 11.1 Å². The van der Waals surface area contributed by atoms with Gasteiger partial charge in [-0.05, 0) is 73.3 Å². The summed E-state index contributed by atoms with van der Waals surface area (Å²) < 4.78 is 30.7. The van der Waals surface area contributed by atoms with Gasteiger partial charge in [-0.3, -0.25) is 4.79 Å². The standard InChI is InChI=1S/C27H33N3O5S.2ClH/c1-18(2)35-26-16-21(11-12-24(26)27(32)30-36(3,33)34)20-9-7-19(8-10-20)13-14-29-17-25(31)22-5-4-6-23(28)15-22;;/h4-12,15-16,18,25,29,31H,13-14,17,28H2,1-3H3,(H,30,32);2*1H/t25-;;/m1../s1. The molecular formula is C27H35Cl2N3O5S. The molecule has 0 saturated heterocycles. The first-order valence-electron chi connectivity index (χ1n) is 11.7. The third-order valence-corrected chi connectivity index (χ3v) is 5.93. The Morgan fingerprint density at radius 1 is 1.00 bits per heavy atom. The molecule has 1 amide bonds. The number of sulfonamides is 1.